The fraction of sp³-hybridized carbons (Fsp3) is 0.385. The molecule has 0 atom stereocenters. The van der Waals surface area contributed by atoms with Crippen LogP contribution in [0, 0.1) is 0 Å². The molecule has 130 valence electrons. The number of aliphatic hydroxyl groups is 1. The maximum Gasteiger partial charge on any atom is 0.524 e. The number of quaternary nitrogens is 1. The summed E-state index contributed by atoms with van der Waals surface area (Å²) in [6, 6.07) is 3.44. The van der Waals surface area contributed by atoms with E-state index in [2.05, 4.69) is 46.6 Å². The number of aromatic amines is 1. The van der Waals surface area contributed by atoms with Crippen LogP contribution in [0.1, 0.15) is 0 Å². The molecule has 0 saturated heterocycles. The second kappa shape index (κ2) is 7.98. The topological polar surface area (TPSA) is 103 Å². The van der Waals surface area contributed by atoms with Gasteiger partial charge in [0.05, 0.1) is 43.7 Å². The second-order valence-corrected chi connectivity index (χ2v) is 8.15. The number of benzene rings is 1. The van der Waals surface area contributed by atoms with Gasteiger partial charge < -0.3 is 19.1 Å². The first-order chi connectivity index (χ1) is 10.4. The molecule has 0 aliphatic rings. The summed E-state index contributed by atoms with van der Waals surface area (Å²) < 4.78 is 16.7. The molecule has 0 saturated carbocycles. The van der Waals surface area contributed by atoms with Gasteiger partial charge in [0.1, 0.15) is 6.54 Å². The second-order valence-electron chi connectivity index (χ2n) is 5.76. The van der Waals surface area contributed by atoms with Crippen molar-refractivity contribution in [2.75, 3.05) is 34.3 Å². The molecule has 10 heteroatoms. The Hall–Kier alpha value is -0.600. The smallest absolute Gasteiger partial charge is 0.402 e. The SMILES string of the molecule is C[N+](C)(C)CCO.O=P(O)(O)Oc1c[nH]c2ccc(Br)c(Cl)c12. The van der Waals surface area contributed by atoms with Crippen LogP contribution in [-0.2, 0) is 4.57 Å². The van der Waals surface area contributed by atoms with Gasteiger partial charge >= 0.3 is 7.82 Å². The van der Waals surface area contributed by atoms with Gasteiger partial charge in [0.25, 0.3) is 0 Å². The number of likely N-dealkylation sites (N-methyl/N-ethyl adjacent to an activating group) is 1. The molecule has 0 unspecified atom stereocenters. The molecule has 0 aliphatic carbocycles. The van der Waals surface area contributed by atoms with Gasteiger partial charge in [-0.2, -0.15) is 0 Å². The van der Waals surface area contributed by atoms with Gasteiger partial charge in [-0.1, -0.05) is 11.6 Å². The molecule has 0 aliphatic heterocycles. The monoisotopic (exact) mass is 429 g/mol. The number of nitrogens with one attached hydrogen (secondary N) is 1. The normalized spacial score (nSPS) is 12.0. The standard InChI is InChI=1S/C8H6BrClNO4P.C5H14NO/c9-4-1-2-5-7(8(4)10)6(3-11-5)15-16(12,13)14;1-6(2,3)4-5-7/h1-3,11H,(H2,12,13,14);7H,4-5H2,1-3H3/q;+1. The largest absolute Gasteiger partial charge is 0.524 e. The summed E-state index contributed by atoms with van der Waals surface area (Å²) in [5, 5.41) is 9.15. The quantitative estimate of drug-likeness (QED) is 0.441. The minimum Gasteiger partial charge on any atom is -0.402 e. The van der Waals surface area contributed by atoms with Crippen molar-refractivity contribution in [1.29, 1.82) is 0 Å². The van der Waals surface area contributed by atoms with Crippen molar-refractivity contribution in [3.8, 4) is 5.75 Å². The third kappa shape index (κ3) is 6.81. The van der Waals surface area contributed by atoms with Crippen LogP contribution in [0.15, 0.2) is 22.8 Å². The molecule has 23 heavy (non-hydrogen) atoms. The van der Waals surface area contributed by atoms with Crippen molar-refractivity contribution in [1.82, 2.24) is 4.98 Å². The van der Waals surface area contributed by atoms with E-state index < -0.39 is 7.82 Å². The van der Waals surface area contributed by atoms with Crippen molar-refractivity contribution in [3.05, 3.63) is 27.8 Å². The van der Waals surface area contributed by atoms with E-state index in [9.17, 15) is 4.57 Å². The lowest BCUT2D eigenvalue weighted by atomic mass is 10.2. The maximum atomic E-state index is 10.7. The molecular weight excluding hydrogens is 410 g/mol. The fourth-order valence-corrected chi connectivity index (χ4v) is 2.62. The molecule has 1 aromatic heterocycles. The maximum absolute atomic E-state index is 10.7. The van der Waals surface area contributed by atoms with Crippen LogP contribution in [0.2, 0.25) is 5.02 Å². The first-order valence-electron chi connectivity index (χ1n) is 6.56. The zero-order valence-corrected chi connectivity index (χ0v) is 16.2. The van der Waals surface area contributed by atoms with Crippen LogP contribution in [0.5, 0.6) is 5.75 Å². The third-order valence-corrected chi connectivity index (χ3v) is 4.40. The Morgan fingerprint density at radius 2 is 1.96 bits per heavy atom. The zero-order chi connectivity index (χ0) is 17.8. The zero-order valence-electron chi connectivity index (χ0n) is 13.0. The molecule has 0 amide bonds. The molecule has 0 bridgehead atoms. The van der Waals surface area contributed by atoms with Crippen LogP contribution >= 0.6 is 35.4 Å². The summed E-state index contributed by atoms with van der Waals surface area (Å²) in [5.74, 6) is 0.0228. The number of aliphatic hydroxyl groups excluding tert-OH is 1. The van der Waals surface area contributed by atoms with Crippen molar-refractivity contribution in [2.45, 2.75) is 0 Å². The van der Waals surface area contributed by atoms with Crippen molar-refractivity contribution in [2.24, 2.45) is 0 Å². The van der Waals surface area contributed by atoms with E-state index in [0.717, 1.165) is 11.0 Å². The van der Waals surface area contributed by atoms with Gasteiger partial charge in [0.15, 0.2) is 5.75 Å². The lowest BCUT2D eigenvalue weighted by Crippen LogP contribution is -2.36. The van der Waals surface area contributed by atoms with Crippen LogP contribution in [0.3, 0.4) is 0 Å². The Labute approximate surface area is 147 Å². The third-order valence-electron chi connectivity index (χ3n) is 2.69. The van der Waals surface area contributed by atoms with Gasteiger partial charge in [-0.05, 0) is 28.1 Å². The summed E-state index contributed by atoms with van der Waals surface area (Å²) in [7, 11) is 1.57. The number of fused-ring (bicyclic) bond motifs is 1. The molecule has 1 aromatic carbocycles. The molecule has 0 radical (unpaired) electrons. The van der Waals surface area contributed by atoms with Crippen molar-refractivity contribution < 1.29 is 28.5 Å². The summed E-state index contributed by atoms with van der Waals surface area (Å²) in [6.45, 7) is 1.11. The van der Waals surface area contributed by atoms with E-state index in [4.69, 9.17) is 26.5 Å². The Balaban J connectivity index is 0.000000322. The summed E-state index contributed by atoms with van der Waals surface area (Å²) in [5.41, 5.74) is 0.636. The van der Waals surface area contributed by atoms with Gasteiger partial charge in [0, 0.05) is 10.7 Å². The highest BCUT2D eigenvalue weighted by Gasteiger charge is 2.20. The highest BCUT2D eigenvalue weighted by molar-refractivity contribution is 9.10. The van der Waals surface area contributed by atoms with Gasteiger partial charge in [-0.15, -0.1) is 0 Å². The highest BCUT2D eigenvalue weighted by atomic mass is 79.9. The predicted octanol–water partition coefficient (Wildman–Crippen LogP) is 2.74. The molecule has 2 aromatic rings. The first-order valence-corrected chi connectivity index (χ1v) is 9.26. The van der Waals surface area contributed by atoms with Crippen LogP contribution in [0.25, 0.3) is 10.9 Å². The number of aromatic nitrogens is 1. The number of phosphoric acid groups is 1. The fourth-order valence-electron chi connectivity index (χ4n) is 1.63. The minimum absolute atomic E-state index is 0.0228. The number of nitrogens with zero attached hydrogens (tertiary/aromatic N) is 1. The van der Waals surface area contributed by atoms with E-state index in [1.807, 2.05) is 0 Å². The minimum atomic E-state index is -4.59. The van der Waals surface area contributed by atoms with E-state index in [0.29, 0.717) is 20.4 Å². The average molecular weight is 431 g/mol. The van der Waals surface area contributed by atoms with Crippen LogP contribution < -0.4 is 4.52 Å². The van der Waals surface area contributed by atoms with Gasteiger partial charge in [-0.3, -0.25) is 9.79 Å². The van der Waals surface area contributed by atoms with E-state index >= 15 is 0 Å². The predicted molar refractivity (Wildman–Crippen MR) is 93.7 cm³/mol. The molecule has 0 spiro atoms. The Bertz CT molecular complexity index is 710. The van der Waals surface area contributed by atoms with Crippen LogP contribution in [0.4, 0.5) is 0 Å². The number of rotatable bonds is 4. The van der Waals surface area contributed by atoms with Crippen molar-refractivity contribution >= 4 is 46.3 Å². The number of halogens is 2. The van der Waals surface area contributed by atoms with Crippen molar-refractivity contribution in [3.63, 3.8) is 0 Å². The van der Waals surface area contributed by atoms with Gasteiger partial charge in [0.2, 0.25) is 0 Å². The van der Waals surface area contributed by atoms with E-state index in [-0.39, 0.29) is 12.4 Å². The molecule has 4 N–H and O–H groups in total. The number of H-pyrrole nitrogens is 1. The Morgan fingerprint density at radius 1 is 1.35 bits per heavy atom. The molecule has 2 rings (SSSR count). The van der Waals surface area contributed by atoms with E-state index in [1.165, 1.54) is 6.20 Å². The summed E-state index contributed by atoms with van der Waals surface area (Å²) in [4.78, 5) is 20.3. The molecular formula is C13H20BrClN2O5P+. The Morgan fingerprint density at radius 3 is 2.39 bits per heavy atom. The van der Waals surface area contributed by atoms with Crippen LogP contribution in [-0.4, -0.2) is 58.7 Å². The highest BCUT2D eigenvalue weighted by Crippen LogP contribution is 2.44. The first kappa shape index (κ1) is 20.4. The number of phosphoric ester groups is 1. The number of hydrogen-bond donors (Lipinski definition) is 4. The molecule has 0 fully saturated rings. The summed E-state index contributed by atoms with van der Waals surface area (Å²) in [6.07, 6.45) is 1.35. The number of hydrogen-bond acceptors (Lipinski definition) is 3. The van der Waals surface area contributed by atoms with E-state index in [1.54, 1.807) is 12.1 Å². The Kier molecular flexibility index (Phi) is 7.10. The lowest BCUT2D eigenvalue weighted by Gasteiger charge is -2.21. The lowest BCUT2D eigenvalue weighted by molar-refractivity contribution is -0.870. The van der Waals surface area contributed by atoms with Gasteiger partial charge in [-0.25, -0.2) is 4.57 Å². The molecule has 7 nitrogen and oxygen atoms in total. The average Bonchev–Trinajstić information content (AvgIpc) is 2.75. The molecule has 1 heterocycles. The summed E-state index contributed by atoms with van der Waals surface area (Å²) >= 11 is 9.22.